The van der Waals surface area contributed by atoms with Crippen molar-refractivity contribution in [3.63, 3.8) is 0 Å². The fourth-order valence-electron chi connectivity index (χ4n) is 15.2. The van der Waals surface area contributed by atoms with Crippen LogP contribution in [0.5, 0.6) is 0 Å². The summed E-state index contributed by atoms with van der Waals surface area (Å²) < 4.78 is 27.0. The van der Waals surface area contributed by atoms with Gasteiger partial charge in [0.05, 0.1) is 6.61 Å². The molecule has 3 aromatic rings. The van der Waals surface area contributed by atoms with Crippen molar-refractivity contribution in [2.24, 2.45) is 46.3 Å². The highest BCUT2D eigenvalue weighted by atomic mass is 16.6. The number of hydrogen-bond acceptors (Lipinski definition) is 11. The van der Waals surface area contributed by atoms with Crippen LogP contribution in [0.4, 0.5) is 4.79 Å². The SMILES string of the molecule is Cc1cn(CC(=O)O[C@@H]2CC[C@@]3(C)[C@H](CC[C@@H]4[C@@H]3C[C@@H]3OC(=O)CN5C(=O)NC(=O)C6(C)OC(c7ccccc7)(c7cccc(c7)[C@H](C)COC(=O)CC[C@@H](C)[C@H]7CC[C@@H]4[C@]37C)C56)C2)c(=O)[nH]c1=O. The number of amides is 3. The number of imide groups is 1. The van der Waals surface area contributed by atoms with Crippen LogP contribution in [0, 0.1) is 53.3 Å². The molecule has 3 unspecified atom stereocenters. The third kappa shape index (κ3) is 7.67. The molecular weight excluding hydrogens is 881 g/mol. The van der Waals surface area contributed by atoms with Gasteiger partial charge < -0.3 is 23.8 Å². The molecule has 15 heteroatoms. The number of aromatic nitrogens is 2. The molecule has 4 heterocycles. The molecule has 0 spiro atoms. The summed E-state index contributed by atoms with van der Waals surface area (Å²) in [5, 5.41) is 2.50. The first-order chi connectivity index (χ1) is 32.9. The Balaban J connectivity index is 0.968. The number of benzene rings is 2. The third-order valence-corrected chi connectivity index (χ3v) is 18.7. The van der Waals surface area contributed by atoms with E-state index in [1.54, 1.807) is 13.8 Å². The number of fused-ring (bicyclic) bond motifs is 7. The highest BCUT2D eigenvalue weighted by Crippen LogP contribution is 2.69. The molecule has 10 rings (SSSR count). The number of nitrogens with zero attached hydrogens (tertiary/aromatic N) is 2. The number of hydrogen-bond donors (Lipinski definition) is 2. The van der Waals surface area contributed by atoms with Crippen molar-refractivity contribution in [2.45, 2.75) is 148 Å². The molecule has 2 saturated heterocycles. The number of nitrogens with one attached hydrogen (secondary N) is 2. The van der Waals surface area contributed by atoms with Gasteiger partial charge in [-0.05, 0) is 129 Å². The Kier molecular flexibility index (Phi) is 11.9. The molecule has 6 fully saturated rings. The fourth-order valence-corrected chi connectivity index (χ4v) is 15.2. The summed E-state index contributed by atoms with van der Waals surface area (Å²) in [6, 6.07) is 15.7. The van der Waals surface area contributed by atoms with Crippen LogP contribution >= 0.6 is 0 Å². The summed E-state index contributed by atoms with van der Waals surface area (Å²) >= 11 is 0. The predicted molar refractivity (Wildman–Crippen MR) is 251 cm³/mol. The first kappa shape index (κ1) is 47.1. The second-order valence-corrected chi connectivity index (χ2v) is 22.3. The lowest BCUT2D eigenvalue weighted by Gasteiger charge is -2.65. The maximum atomic E-state index is 15.0. The molecule has 69 heavy (non-hydrogen) atoms. The quantitative estimate of drug-likeness (QED) is 0.210. The lowest BCUT2D eigenvalue weighted by Crippen LogP contribution is -2.84. The number of cyclic esters (lactones) is 1. The Bertz CT molecular complexity index is 2680. The molecule has 368 valence electrons. The molecule has 2 aromatic carbocycles. The summed E-state index contributed by atoms with van der Waals surface area (Å²) in [4.78, 5) is 97.9. The van der Waals surface area contributed by atoms with Crippen LogP contribution in [0.15, 0.2) is 70.4 Å². The van der Waals surface area contributed by atoms with Gasteiger partial charge in [-0.15, -0.1) is 0 Å². The Hall–Kier alpha value is -5.57. The molecule has 7 aliphatic rings. The van der Waals surface area contributed by atoms with E-state index in [1.807, 2.05) is 61.5 Å². The van der Waals surface area contributed by atoms with Gasteiger partial charge in [0.2, 0.25) is 0 Å². The van der Waals surface area contributed by atoms with Gasteiger partial charge in [0.1, 0.15) is 36.9 Å². The number of carbonyl (C=O) groups is 5. The van der Waals surface area contributed by atoms with Gasteiger partial charge >= 0.3 is 29.6 Å². The second-order valence-electron chi connectivity index (χ2n) is 22.3. The van der Waals surface area contributed by atoms with Crippen molar-refractivity contribution in [3.05, 3.63) is 104 Å². The monoisotopic (exact) mass is 946 g/mol. The number of carbonyl (C=O) groups excluding carboxylic acids is 5. The first-order valence-corrected chi connectivity index (χ1v) is 25.2. The number of rotatable bonds is 4. The lowest BCUT2D eigenvalue weighted by atomic mass is 9.43. The molecule has 0 radical (unpaired) electrons. The first-order valence-electron chi connectivity index (χ1n) is 25.2. The van der Waals surface area contributed by atoms with E-state index in [0.29, 0.717) is 42.7 Å². The maximum Gasteiger partial charge on any atom is 0.328 e. The largest absolute Gasteiger partial charge is 0.465 e. The zero-order valence-corrected chi connectivity index (χ0v) is 40.6. The summed E-state index contributed by atoms with van der Waals surface area (Å²) in [6.45, 7) is 11.6. The highest BCUT2D eigenvalue weighted by molar-refractivity contribution is 6.04. The molecule has 3 aliphatic heterocycles. The number of H-pyrrole nitrogens is 1. The number of urea groups is 1. The van der Waals surface area contributed by atoms with Crippen LogP contribution in [-0.4, -0.2) is 81.3 Å². The molecule has 4 aliphatic carbocycles. The summed E-state index contributed by atoms with van der Waals surface area (Å²) in [7, 11) is 0. The summed E-state index contributed by atoms with van der Waals surface area (Å²) in [6.07, 6.45) is 8.13. The standard InChI is InChI=1S/C54H66N4O11/c1-30-15-20-43(59)66-29-32(3)33-11-10-14-36(23-33)54(34-12-8-7-9-13-34)47-53(6,69-54)48(63)56-50(65)58(47)28-45(61)68-42-25-41-38(40-19-18-39(30)52(40,42)5)17-16-35-24-37(21-22-51(35,41)4)67-44(60)27-57-26-31(2)46(62)55-49(57)64/h7-14,23,26,30,32,35,37-42,47H,15-22,24-25,27-29H2,1-6H3,(H,55,62,64)(H,56,63,65)/t30-,32-,35-,37-,38+,39-,40+,41+,42+,47?,51+,52-,53?,54?/m1/s1. The zero-order chi connectivity index (χ0) is 48.8. The van der Waals surface area contributed by atoms with Crippen molar-refractivity contribution in [2.75, 3.05) is 13.2 Å². The molecule has 1 aromatic heterocycles. The Morgan fingerprint density at radius 1 is 0.841 bits per heavy atom. The normalized spacial score (nSPS) is 38.7. The van der Waals surface area contributed by atoms with E-state index in [0.717, 1.165) is 43.2 Å². The van der Waals surface area contributed by atoms with E-state index in [-0.39, 0.29) is 72.6 Å². The molecule has 15 nitrogen and oxygen atoms in total. The van der Waals surface area contributed by atoms with Crippen molar-refractivity contribution in [1.82, 2.24) is 19.8 Å². The van der Waals surface area contributed by atoms with Gasteiger partial charge in [0.15, 0.2) is 5.60 Å². The smallest absolute Gasteiger partial charge is 0.328 e. The Morgan fingerprint density at radius 2 is 1.59 bits per heavy atom. The fraction of sp³-hybridized carbons (Fsp3) is 0.611. The van der Waals surface area contributed by atoms with Gasteiger partial charge in [-0.3, -0.25) is 38.8 Å². The van der Waals surface area contributed by atoms with E-state index in [9.17, 15) is 33.6 Å². The maximum absolute atomic E-state index is 15.0. The minimum atomic E-state index is -1.50. The lowest BCUT2D eigenvalue weighted by molar-refractivity contribution is -0.292. The van der Waals surface area contributed by atoms with Crippen LogP contribution < -0.4 is 16.6 Å². The number of aryl methyl sites for hydroxylation is 1. The van der Waals surface area contributed by atoms with Crippen molar-refractivity contribution >= 4 is 29.8 Å². The number of ether oxygens (including phenoxy) is 4. The van der Waals surface area contributed by atoms with Crippen LogP contribution in [0.2, 0.25) is 0 Å². The average Bonchev–Trinajstić information content (AvgIpc) is 3.68. The second kappa shape index (κ2) is 17.4. The molecule has 2 bridgehead atoms. The van der Waals surface area contributed by atoms with Crippen LogP contribution in [-0.2, 0) is 50.3 Å². The summed E-state index contributed by atoms with van der Waals surface area (Å²) in [5.41, 5.74) is -1.90. The number of aromatic amines is 1. The van der Waals surface area contributed by atoms with E-state index < -0.39 is 70.4 Å². The van der Waals surface area contributed by atoms with Crippen molar-refractivity contribution in [3.8, 4) is 0 Å². The Morgan fingerprint density at radius 3 is 2.38 bits per heavy atom. The van der Waals surface area contributed by atoms with Crippen LogP contribution in [0.1, 0.15) is 127 Å². The van der Waals surface area contributed by atoms with Gasteiger partial charge in [-0.25, -0.2) is 9.59 Å². The molecule has 3 amide bonds. The highest BCUT2D eigenvalue weighted by Gasteiger charge is 2.73. The topological polar surface area (TPSA) is 192 Å². The van der Waals surface area contributed by atoms with E-state index in [2.05, 4.69) is 31.1 Å². The van der Waals surface area contributed by atoms with E-state index in [4.69, 9.17) is 18.9 Å². The van der Waals surface area contributed by atoms with Gasteiger partial charge in [-0.1, -0.05) is 82.3 Å². The van der Waals surface area contributed by atoms with Gasteiger partial charge in [0, 0.05) is 29.5 Å². The average molecular weight is 947 g/mol. The molecule has 2 N–H and O–H groups in total. The van der Waals surface area contributed by atoms with Crippen molar-refractivity contribution < 1.29 is 42.9 Å². The van der Waals surface area contributed by atoms with E-state index in [1.165, 1.54) is 15.7 Å². The van der Waals surface area contributed by atoms with Gasteiger partial charge in [-0.2, -0.15) is 0 Å². The van der Waals surface area contributed by atoms with E-state index >= 15 is 0 Å². The molecular formula is C54H66N4O11. The van der Waals surface area contributed by atoms with Gasteiger partial charge in [0.25, 0.3) is 11.5 Å². The minimum absolute atomic E-state index is 0.132. The predicted octanol–water partition coefficient (Wildman–Crippen LogP) is 6.67. The molecule has 14 atom stereocenters. The van der Waals surface area contributed by atoms with Crippen LogP contribution in [0.3, 0.4) is 0 Å². The number of esters is 3. The summed E-state index contributed by atoms with van der Waals surface area (Å²) in [5.74, 6) is -0.725. The molecule has 4 saturated carbocycles. The van der Waals surface area contributed by atoms with Crippen LogP contribution in [0.25, 0.3) is 0 Å². The van der Waals surface area contributed by atoms with Crippen molar-refractivity contribution in [1.29, 1.82) is 0 Å². The minimum Gasteiger partial charge on any atom is -0.465 e. The third-order valence-electron chi connectivity index (χ3n) is 18.7. The Labute approximate surface area is 402 Å². The zero-order valence-electron chi connectivity index (χ0n) is 40.6.